The zero-order chi connectivity index (χ0) is 15.6. The Kier molecular flexibility index (Phi) is 4.23. The molecule has 0 bridgehead atoms. The molecule has 108 valence electrons. The van der Waals surface area contributed by atoms with Crippen LogP contribution in [-0.4, -0.2) is 16.0 Å². The molecular formula is C14H10FNO4S. The van der Waals surface area contributed by atoms with Crippen molar-refractivity contribution in [2.24, 2.45) is 0 Å². The summed E-state index contributed by atoms with van der Waals surface area (Å²) >= 11 is 1.01. The number of benzene rings is 2. The number of nitrogens with zero attached hydrogens (tertiary/aromatic N) is 1. The van der Waals surface area contributed by atoms with Gasteiger partial charge in [0.25, 0.3) is 5.69 Å². The molecule has 0 fully saturated rings. The number of hydrogen-bond acceptors (Lipinski definition) is 4. The summed E-state index contributed by atoms with van der Waals surface area (Å²) in [7, 11) is 0. The second kappa shape index (κ2) is 5.92. The van der Waals surface area contributed by atoms with E-state index in [1.165, 1.54) is 0 Å². The van der Waals surface area contributed by atoms with Gasteiger partial charge in [-0.05, 0) is 25.1 Å². The first-order valence-electron chi connectivity index (χ1n) is 5.84. The highest BCUT2D eigenvalue weighted by molar-refractivity contribution is 7.99. The van der Waals surface area contributed by atoms with E-state index in [4.69, 9.17) is 5.11 Å². The summed E-state index contributed by atoms with van der Waals surface area (Å²) in [5.41, 5.74) is -0.115. The third-order valence-electron chi connectivity index (χ3n) is 2.72. The largest absolute Gasteiger partial charge is 0.478 e. The van der Waals surface area contributed by atoms with E-state index in [1.807, 2.05) is 19.1 Å². The summed E-state index contributed by atoms with van der Waals surface area (Å²) in [6.45, 7) is 1.90. The van der Waals surface area contributed by atoms with Crippen LogP contribution in [0.2, 0.25) is 0 Å². The molecule has 21 heavy (non-hydrogen) atoms. The quantitative estimate of drug-likeness (QED) is 0.684. The van der Waals surface area contributed by atoms with Gasteiger partial charge in [-0.15, -0.1) is 0 Å². The maximum Gasteiger partial charge on any atom is 0.338 e. The van der Waals surface area contributed by atoms with Gasteiger partial charge in [-0.2, -0.15) is 0 Å². The average Bonchev–Trinajstić information content (AvgIpc) is 2.40. The van der Waals surface area contributed by atoms with Gasteiger partial charge in [0.05, 0.1) is 9.82 Å². The van der Waals surface area contributed by atoms with Gasteiger partial charge in [0, 0.05) is 11.0 Å². The number of aryl methyl sites for hydroxylation is 1. The summed E-state index contributed by atoms with van der Waals surface area (Å²) < 4.78 is 13.7. The van der Waals surface area contributed by atoms with Crippen molar-refractivity contribution in [3.8, 4) is 0 Å². The van der Waals surface area contributed by atoms with Gasteiger partial charge in [-0.25, -0.2) is 9.18 Å². The Morgan fingerprint density at radius 1 is 1.29 bits per heavy atom. The molecule has 0 atom stereocenters. The smallest absolute Gasteiger partial charge is 0.338 e. The molecule has 2 aromatic carbocycles. The first kappa shape index (κ1) is 15.0. The lowest BCUT2D eigenvalue weighted by atomic mass is 10.2. The first-order chi connectivity index (χ1) is 9.88. The van der Waals surface area contributed by atoms with Crippen molar-refractivity contribution in [1.29, 1.82) is 0 Å². The van der Waals surface area contributed by atoms with Crippen LogP contribution in [0.4, 0.5) is 10.1 Å². The van der Waals surface area contributed by atoms with Gasteiger partial charge in [-0.1, -0.05) is 29.5 Å². The number of hydrogen-bond donors (Lipinski definition) is 1. The molecule has 5 nitrogen and oxygen atoms in total. The number of halogens is 1. The van der Waals surface area contributed by atoms with E-state index in [-0.39, 0.29) is 4.90 Å². The Morgan fingerprint density at radius 2 is 1.90 bits per heavy atom. The summed E-state index contributed by atoms with van der Waals surface area (Å²) in [6, 6.07) is 8.80. The number of rotatable bonds is 4. The minimum atomic E-state index is -1.54. The fraction of sp³-hybridized carbons (Fsp3) is 0.0714. The van der Waals surface area contributed by atoms with E-state index in [0.717, 1.165) is 29.5 Å². The molecule has 0 saturated heterocycles. The maximum atomic E-state index is 13.7. The minimum Gasteiger partial charge on any atom is -0.478 e. The SMILES string of the molecule is Cc1ccc(Sc2cc(F)c(C(=O)O)cc2[N+](=O)[O-])cc1. The molecule has 0 aliphatic rings. The number of carboxylic acids is 1. The van der Waals surface area contributed by atoms with Crippen LogP contribution in [0.1, 0.15) is 15.9 Å². The number of nitro groups is 1. The second-order valence-electron chi connectivity index (χ2n) is 4.28. The van der Waals surface area contributed by atoms with Crippen molar-refractivity contribution < 1.29 is 19.2 Å². The molecule has 7 heteroatoms. The number of aromatic carboxylic acids is 1. The van der Waals surface area contributed by atoms with E-state index < -0.39 is 28.0 Å². The van der Waals surface area contributed by atoms with Gasteiger partial charge in [0.1, 0.15) is 11.4 Å². The van der Waals surface area contributed by atoms with Crippen molar-refractivity contribution >= 4 is 23.4 Å². The van der Waals surface area contributed by atoms with E-state index in [1.54, 1.807) is 12.1 Å². The molecule has 2 aromatic rings. The van der Waals surface area contributed by atoms with Crippen LogP contribution in [0.3, 0.4) is 0 Å². The number of carboxylic acid groups (broad SMARTS) is 1. The fourth-order valence-electron chi connectivity index (χ4n) is 1.67. The van der Waals surface area contributed by atoms with Crippen molar-refractivity contribution in [1.82, 2.24) is 0 Å². The van der Waals surface area contributed by atoms with E-state index in [9.17, 15) is 19.3 Å². The standard InChI is InChI=1S/C14H10FNO4S/c1-8-2-4-9(5-3-8)21-13-7-11(15)10(14(17)18)6-12(13)16(19)20/h2-7H,1H3,(H,17,18). The second-order valence-corrected chi connectivity index (χ2v) is 5.39. The average molecular weight is 307 g/mol. The van der Waals surface area contributed by atoms with Gasteiger partial charge in [0.2, 0.25) is 0 Å². The molecule has 0 heterocycles. The van der Waals surface area contributed by atoms with Crippen LogP contribution in [0.25, 0.3) is 0 Å². The van der Waals surface area contributed by atoms with Crippen molar-refractivity contribution in [3.05, 3.63) is 63.5 Å². The first-order valence-corrected chi connectivity index (χ1v) is 6.66. The summed E-state index contributed by atoms with van der Waals surface area (Å²) in [5.74, 6) is -2.54. The molecule has 0 aliphatic heterocycles. The Hall–Kier alpha value is -2.41. The van der Waals surface area contributed by atoms with Crippen LogP contribution in [0, 0.1) is 22.9 Å². The predicted molar refractivity (Wildman–Crippen MR) is 75.3 cm³/mol. The van der Waals surface area contributed by atoms with Gasteiger partial charge in [0.15, 0.2) is 0 Å². The molecule has 0 saturated carbocycles. The van der Waals surface area contributed by atoms with E-state index in [2.05, 4.69) is 0 Å². The monoisotopic (exact) mass is 307 g/mol. The zero-order valence-electron chi connectivity index (χ0n) is 10.9. The Balaban J connectivity index is 2.47. The third kappa shape index (κ3) is 3.38. The zero-order valence-corrected chi connectivity index (χ0v) is 11.7. The molecule has 2 rings (SSSR count). The summed E-state index contributed by atoms with van der Waals surface area (Å²) in [4.78, 5) is 21.9. The topological polar surface area (TPSA) is 80.4 Å². The van der Waals surface area contributed by atoms with Crippen LogP contribution >= 0.6 is 11.8 Å². The maximum absolute atomic E-state index is 13.7. The normalized spacial score (nSPS) is 10.4. The lowest BCUT2D eigenvalue weighted by molar-refractivity contribution is -0.387. The third-order valence-corrected chi connectivity index (χ3v) is 3.78. The molecule has 0 aromatic heterocycles. The Morgan fingerprint density at radius 3 is 2.43 bits per heavy atom. The van der Waals surface area contributed by atoms with Crippen LogP contribution in [-0.2, 0) is 0 Å². The molecule has 0 aliphatic carbocycles. The highest BCUT2D eigenvalue weighted by Crippen LogP contribution is 2.36. The van der Waals surface area contributed by atoms with Crippen LogP contribution < -0.4 is 0 Å². The predicted octanol–water partition coefficient (Wildman–Crippen LogP) is 3.89. The van der Waals surface area contributed by atoms with Crippen molar-refractivity contribution in [2.45, 2.75) is 16.7 Å². The molecule has 0 spiro atoms. The molecular weight excluding hydrogens is 297 g/mol. The summed E-state index contributed by atoms with van der Waals surface area (Å²) in [5, 5.41) is 19.8. The number of nitro benzene ring substituents is 1. The lowest BCUT2D eigenvalue weighted by Crippen LogP contribution is -2.03. The van der Waals surface area contributed by atoms with Gasteiger partial charge >= 0.3 is 5.97 Å². The van der Waals surface area contributed by atoms with Crippen molar-refractivity contribution in [3.63, 3.8) is 0 Å². The van der Waals surface area contributed by atoms with E-state index in [0.29, 0.717) is 4.90 Å². The molecule has 0 amide bonds. The van der Waals surface area contributed by atoms with Crippen molar-refractivity contribution in [2.75, 3.05) is 0 Å². The minimum absolute atomic E-state index is 0.0614. The highest BCUT2D eigenvalue weighted by Gasteiger charge is 2.22. The highest BCUT2D eigenvalue weighted by atomic mass is 32.2. The lowest BCUT2D eigenvalue weighted by Gasteiger charge is -2.05. The molecule has 0 unspecified atom stereocenters. The van der Waals surface area contributed by atoms with Gasteiger partial charge < -0.3 is 5.11 Å². The van der Waals surface area contributed by atoms with Crippen LogP contribution in [0.15, 0.2) is 46.2 Å². The van der Waals surface area contributed by atoms with Crippen LogP contribution in [0.5, 0.6) is 0 Å². The Bertz CT molecular complexity index is 716. The van der Waals surface area contributed by atoms with Gasteiger partial charge in [-0.3, -0.25) is 10.1 Å². The molecule has 1 N–H and O–H groups in total. The number of carbonyl (C=O) groups is 1. The molecule has 0 radical (unpaired) electrons. The van der Waals surface area contributed by atoms with E-state index >= 15 is 0 Å². The fourth-order valence-corrected chi connectivity index (χ4v) is 2.59. The Labute approximate surface area is 123 Å². The summed E-state index contributed by atoms with van der Waals surface area (Å²) in [6.07, 6.45) is 0.